The lowest BCUT2D eigenvalue weighted by molar-refractivity contribution is 0.0961. The molecule has 0 aliphatic carbocycles. The Hall–Kier alpha value is -1.33. The Morgan fingerprint density at radius 3 is 2.37 bits per heavy atom. The Labute approximate surface area is 117 Å². The van der Waals surface area contributed by atoms with Crippen LogP contribution in [-0.4, -0.2) is 12.6 Å². The predicted molar refractivity (Wildman–Crippen MR) is 81.4 cm³/mol. The van der Waals surface area contributed by atoms with Crippen molar-refractivity contribution in [3.8, 4) is 6.07 Å². The topological polar surface area (TPSA) is 13.6 Å². The molecular weight excluding hydrogens is 234 g/mol. The van der Waals surface area contributed by atoms with Crippen LogP contribution in [-0.2, 0) is 11.3 Å². The lowest BCUT2D eigenvalue weighted by Crippen LogP contribution is -2.10. The zero-order valence-electron chi connectivity index (χ0n) is 12.6. The number of hydrogen-bond acceptors (Lipinski definition) is 1. The summed E-state index contributed by atoms with van der Waals surface area (Å²) in [5, 5.41) is 0. The van der Waals surface area contributed by atoms with E-state index in [2.05, 4.69) is 50.7 Å². The van der Waals surface area contributed by atoms with E-state index in [1.54, 1.807) is 0 Å². The van der Waals surface area contributed by atoms with Crippen LogP contribution in [0.4, 0.5) is 0 Å². The van der Waals surface area contributed by atoms with Crippen LogP contribution in [0, 0.1) is 17.9 Å². The highest BCUT2D eigenvalue weighted by atomic mass is 16.5. The summed E-state index contributed by atoms with van der Waals surface area (Å²) in [6, 6.07) is 13.8. The molecule has 104 valence electrons. The molecule has 2 nitrogen and oxygen atoms in total. The van der Waals surface area contributed by atoms with E-state index in [0.717, 1.165) is 6.42 Å². The van der Waals surface area contributed by atoms with Crippen molar-refractivity contribution in [3.05, 3.63) is 40.7 Å². The van der Waals surface area contributed by atoms with Crippen LogP contribution in [0.15, 0.2) is 30.3 Å². The van der Waals surface area contributed by atoms with Gasteiger partial charge in [0.2, 0.25) is 0 Å². The lowest BCUT2D eigenvalue weighted by atomic mass is 9.99. The summed E-state index contributed by atoms with van der Waals surface area (Å²) < 4.78 is 5.79. The van der Waals surface area contributed by atoms with Gasteiger partial charge in [-0.2, -0.15) is 0 Å². The molecule has 0 saturated carbocycles. The third-order valence-electron chi connectivity index (χ3n) is 2.70. The minimum Gasteiger partial charge on any atom is -0.375 e. The molecule has 1 aromatic rings. The van der Waals surface area contributed by atoms with Crippen LogP contribution in [0.5, 0.6) is 0 Å². The third-order valence-corrected chi connectivity index (χ3v) is 2.70. The molecule has 1 rings (SSSR count). The maximum atomic E-state index is 5.79. The summed E-state index contributed by atoms with van der Waals surface area (Å²) >= 11 is 0. The van der Waals surface area contributed by atoms with Gasteiger partial charge in [0.25, 0.3) is 12.1 Å². The van der Waals surface area contributed by atoms with Gasteiger partial charge in [-0.05, 0) is 17.9 Å². The zero-order chi connectivity index (χ0) is 14.1. The van der Waals surface area contributed by atoms with E-state index in [9.17, 15) is 0 Å². The maximum Gasteiger partial charge on any atom is 0.279 e. The molecule has 0 heterocycles. The van der Waals surface area contributed by atoms with Crippen LogP contribution in [0.25, 0.3) is 4.85 Å². The maximum absolute atomic E-state index is 5.79. The second-order valence-corrected chi connectivity index (χ2v) is 5.68. The molecule has 1 atom stereocenters. The van der Waals surface area contributed by atoms with E-state index >= 15 is 0 Å². The summed E-state index contributed by atoms with van der Waals surface area (Å²) in [6.07, 6.45) is 1.07. The largest absolute Gasteiger partial charge is 0.375 e. The molecule has 0 spiro atoms. The fourth-order valence-electron chi connectivity index (χ4n) is 1.87. The van der Waals surface area contributed by atoms with Gasteiger partial charge in [0, 0.05) is 13.8 Å². The molecule has 0 bridgehead atoms. The highest BCUT2D eigenvalue weighted by molar-refractivity contribution is 5.13. The average Bonchev–Trinajstić information content (AvgIpc) is 2.36. The van der Waals surface area contributed by atoms with Crippen molar-refractivity contribution in [1.82, 2.24) is 0 Å². The SMILES string of the molecule is CC(C)CC(C#[N+]C(C)C)COCc1ccccc1. The quantitative estimate of drug-likeness (QED) is 0.728. The minimum absolute atomic E-state index is 0.297. The number of rotatable bonds is 6. The first-order valence-corrected chi connectivity index (χ1v) is 7.15. The van der Waals surface area contributed by atoms with E-state index in [0.29, 0.717) is 31.1 Å². The van der Waals surface area contributed by atoms with Crippen molar-refractivity contribution in [1.29, 1.82) is 0 Å². The van der Waals surface area contributed by atoms with E-state index in [1.165, 1.54) is 5.56 Å². The fourth-order valence-corrected chi connectivity index (χ4v) is 1.87. The van der Waals surface area contributed by atoms with Gasteiger partial charge in [-0.25, -0.2) is 0 Å². The third kappa shape index (κ3) is 7.64. The van der Waals surface area contributed by atoms with Crippen molar-refractivity contribution in [2.45, 2.75) is 46.8 Å². The molecular formula is C17H26NO+. The summed E-state index contributed by atoms with van der Waals surface area (Å²) in [4.78, 5) is 4.37. The number of ether oxygens (including phenoxy) is 1. The standard InChI is InChI=1S/C17H26NO/c1-14(2)10-17(11-18-15(3)4)13-19-12-16-8-6-5-7-9-16/h5-9,14-15,17H,10,12-13H2,1-4H3/q+1. The normalized spacial score (nSPS) is 12.3. The molecule has 19 heavy (non-hydrogen) atoms. The van der Waals surface area contributed by atoms with Gasteiger partial charge < -0.3 is 4.74 Å². The van der Waals surface area contributed by atoms with Gasteiger partial charge in [0.05, 0.1) is 13.2 Å². The van der Waals surface area contributed by atoms with E-state index < -0.39 is 0 Å². The first-order valence-electron chi connectivity index (χ1n) is 7.15. The molecule has 1 unspecified atom stereocenters. The molecule has 2 heteroatoms. The van der Waals surface area contributed by atoms with Crippen LogP contribution < -0.4 is 0 Å². The van der Waals surface area contributed by atoms with Crippen LogP contribution in [0.2, 0.25) is 0 Å². The van der Waals surface area contributed by atoms with Gasteiger partial charge in [0.15, 0.2) is 0 Å². The van der Waals surface area contributed by atoms with Crippen molar-refractivity contribution >= 4 is 0 Å². The number of benzene rings is 1. The lowest BCUT2D eigenvalue weighted by Gasteiger charge is -2.10. The summed E-state index contributed by atoms with van der Waals surface area (Å²) in [5.74, 6) is 0.936. The molecule has 1 aromatic carbocycles. The Morgan fingerprint density at radius 2 is 1.79 bits per heavy atom. The van der Waals surface area contributed by atoms with Crippen LogP contribution >= 0.6 is 0 Å². The molecule has 0 radical (unpaired) electrons. The van der Waals surface area contributed by atoms with Gasteiger partial charge in [-0.1, -0.05) is 49.0 Å². The highest BCUT2D eigenvalue weighted by Gasteiger charge is 2.15. The Bertz CT molecular complexity index is 400. The average molecular weight is 260 g/mol. The summed E-state index contributed by atoms with van der Waals surface area (Å²) in [5.41, 5.74) is 1.21. The molecule has 0 saturated heterocycles. The van der Waals surface area contributed by atoms with Gasteiger partial charge in [-0.3, -0.25) is 0 Å². The van der Waals surface area contributed by atoms with Crippen molar-refractivity contribution < 1.29 is 4.74 Å². The Morgan fingerprint density at radius 1 is 1.11 bits per heavy atom. The van der Waals surface area contributed by atoms with E-state index in [4.69, 9.17) is 4.74 Å². The fraction of sp³-hybridized carbons (Fsp3) is 0.588. The zero-order valence-corrected chi connectivity index (χ0v) is 12.6. The summed E-state index contributed by atoms with van der Waals surface area (Å²) in [6.45, 7) is 9.96. The second kappa shape index (κ2) is 8.72. The van der Waals surface area contributed by atoms with Crippen LogP contribution in [0.3, 0.4) is 0 Å². The van der Waals surface area contributed by atoms with Gasteiger partial charge in [0.1, 0.15) is 5.92 Å². The van der Waals surface area contributed by atoms with Gasteiger partial charge in [-0.15, -0.1) is 0 Å². The summed E-state index contributed by atoms with van der Waals surface area (Å²) in [7, 11) is 0. The molecule has 0 N–H and O–H groups in total. The van der Waals surface area contributed by atoms with Crippen molar-refractivity contribution in [3.63, 3.8) is 0 Å². The monoisotopic (exact) mass is 260 g/mol. The van der Waals surface area contributed by atoms with E-state index in [1.807, 2.05) is 18.2 Å². The van der Waals surface area contributed by atoms with Crippen molar-refractivity contribution in [2.24, 2.45) is 11.8 Å². The van der Waals surface area contributed by atoms with E-state index in [-0.39, 0.29) is 0 Å². The first kappa shape index (κ1) is 15.7. The van der Waals surface area contributed by atoms with Crippen molar-refractivity contribution in [2.75, 3.05) is 6.61 Å². The first-order chi connectivity index (χ1) is 9.08. The predicted octanol–water partition coefficient (Wildman–Crippen LogP) is 4.61. The molecule has 0 aliphatic rings. The molecule has 0 amide bonds. The number of hydrogen-bond donors (Lipinski definition) is 0. The Balaban J connectivity index is 2.43. The minimum atomic E-state index is 0.297. The number of nitrogens with zero attached hydrogens (tertiary/aromatic N) is 1. The molecule has 0 aromatic heterocycles. The Kier molecular flexibility index (Phi) is 7.22. The smallest absolute Gasteiger partial charge is 0.279 e. The second-order valence-electron chi connectivity index (χ2n) is 5.68. The molecule has 0 fully saturated rings. The highest BCUT2D eigenvalue weighted by Crippen LogP contribution is 2.13. The van der Waals surface area contributed by atoms with Crippen LogP contribution in [0.1, 0.15) is 39.7 Å². The molecule has 0 aliphatic heterocycles. The van der Waals surface area contributed by atoms with Gasteiger partial charge >= 0.3 is 0 Å².